The number of pyridine rings is 1. The molecule has 3 aromatic rings. The molecule has 1 aromatic carbocycles. The molecule has 6 heteroatoms. The van der Waals surface area contributed by atoms with Crippen molar-refractivity contribution in [2.45, 2.75) is 59.0 Å². The van der Waals surface area contributed by atoms with Gasteiger partial charge in [0.2, 0.25) is 5.88 Å². The number of aliphatic hydroxyl groups excluding tert-OH is 1. The van der Waals surface area contributed by atoms with E-state index in [1.807, 2.05) is 30.3 Å². The Balaban J connectivity index is 1.93. The topological polar surface area (TPSA) is 67.3 Å². The van der Waals surface area contributed by atoms with Crippen molar-refractivity contribution in [3.63, 3.8) is 0 Å². The fraction of sp³-hybridized carbons (Fsp3) is 0.391. The van der Waals surface area contributed by atoms with E-state index in [1.54, 1.807) is 6.20 Å². The number of hydrogen-bond acceptors (Lipinski definition) is 6. The molecule has 154 valence electrons. The highest BCUT2D eigenvalue weighted by Gasteiger charge is 2.24. The third kappa shape index (κ3) is 4.95. The summed E-state index contributed by atoms with van der Waals surface area (Å²) in [5, 5.41) is 13.8. The molecular formula is C23H29N3O2S. The Kier molecular flexibility index (Phi) is 5.96. The molecule has 0 aliphatic rings. The fourth-order valence-electron chi connectivity index (χ4n) is 3.06. The average Bonchev–Trinajstić information content (AvgIpc) is 3.06. The molecule has 0 bridgehead atoms. The van der Waals surface area contributed by atoms with Crippen LogP contribution in [0.25, 0.3) is 0 Å². The molecule has 0 amide bonds. The number of benzene rings is 1. The van der Waals surface area contributed by atoms with Gasteiger partial charge in [0.25, 0.3) is 0 Å². The molecule has 0 aliphatic carbocycles. The monoisotopic (exact) mass is 411 g/mol. The number of anilines is 2. The summed E-state index contributed by atoms with van der Waals surface area (Å²) in [5.74, 6) is 1.27. The number of thiazole rings is 1. The van der Waals surface area contributed by atoms with E-state index in [0.717, 1.165) is 27.6 Å². The van der Waals surface area contributed by atoms with Gasteiger partial charge in [0.15, 0.2) is 5.13 Å². The van der Waals surface area contributed by atoms with Crippen LogP contribution in [0.15, 0.2) is 42.6 Å². The van der Waals surface area contributed by atoms with Crippen LogP contribution in [0.3, 0.4) is 0 Å². The second kappa shape index (κ2) is 8.13. The van der Waals surface area contributed by atoms with Gasteiger partial charge < -0.3 is 15.2 Å². The van der Waals surface area contributed by atoms with Crippen LogP contribution in [0.1, 0.15) is 57.7 Å². The standard InChI is InChI=1S/C23H29N3O2S/c1-22(2,3)15-10-7-8-12-17(15)28-20-16(11-9-13-24-20)25-21-26-19(23(4,5)6)18(14-27)29-21/h7-13,27H,14H2,1-6H3,(H,25,26). The number of rotatable bonds is 5. The van der Waals surface area contributed by atoms with Gasteiger partial charge in [-0.05, 0) is 23.6 Å². The molecule has 0 radical (unpaired) electrons. The van der Waals surface area contributed by atoms with E-state index in [0.29, 0.717) is 11.0 Å². The smallest absolute Gasteiger partial charge is 0.243 e. The van der Waals surface area contributed by atoms with E-state index >= 15 is 0 Å². The highest BCUT2D eigenvalue weighted by atomic mass is 32.1. The molecular weight excluding hydrogens is 382 g/mol. The summed E-state index contributed by atoms with van der Waals surface area (Å²) in [6.07, 6.45) is 1.71. The lowest BCUT2D eigenvalue weighted by atomic mass is 9.86. The molecule has 2 heterocycles. The maximum absolute atomic E-state index is 9.72. The second-order valence-electron chi connectivity index (χ2n) is 9.03. The largest absolute Gasteiger partial charge is 0.437 e. The molecule has 0 saturated carbocycles. The van der Waals surface area contributed by atoms with E-state index in [4.69, 9.17) is 9.72 Å². The van der Waals surface area contributed by atoms with E-state index in [2.05, 4.69) is 57.9 Å². The fourth-order valence-corrected chi connectivity index (χ4v) is 4.10. The van der Waals surface area contributed by atoms with Crippen molar-refractivity contribution in [3.05, 3.63) is 58.7 Å². The van der Waals surface area contributed by atoms with Crippen LogP contribution in [0.5, 0.6) is 11.6 Å². The Morgan fingerprint density at radius 2 is 1.72 bits per heavy atom. The van der Waals surface area contributed by atoms with Gasteiger partial charge in [-0.1, -0.05) is 71.1 Å². The quantitative estimate of drug-likeness (QED) is 0.526. The van der Waals surface area contributed by atoms with E-state index in [9.17, 15) is 5.11 Å². The number of ether oxygens (including phenoxy) is 1. The van der Waals surface area contributed by atoms with Crippen molar-refractivity contribution in [3.8, 4) is 11.6 Å². The van der Waals surface area contributed by atoms with E-state index < -0.39 is 0 Å². The summed E-state index contributed by atoms with van der Waals surface area (Å²) in [7, 11) is 0. The minimum Gasteiger partial charge on any atom is -0.437 e. The lowest BCUT2D eigenvalue weighted by Gasteiger charge is -2.22. The Morgan fingerprint density at radius 1 is 1.00 bits per heavy atom. The van der Waals surface area contributed by atoms with Gasteiger partial charge in [-0.2, -0.15) is 0 Å². The number of nitrogens with zero attached hydrogens (tertiary/aromatic N) is 2. The zero-order chi connectivity index (χ0) is 21.2. The van der Waals surface area contributed by atoms with Crippen LogP contribution in [0.4, 0.5) is 10.8 Å². The molecule has 2 aromatic heterocycles. The van der Waals surface area contributed by atoms with Crippen molar-refractivity contribution < 1.29 is 9.84 Å². The van der Waals surface area contributed by atoms with Gasteiger partial charge in [-0.15, -0.1) is 0 Å². The third-order valence-corrected chi connectivity index (χ3v) is 5.42. The molecule has 0 fully saturated rings. The molecule has 29 heavy (non-hydrogen) atoms. The maximum Gasteiger partial charge on any atom is 0.243 e. The molecule has 2 N–H and O–H groups in total. The first-order valence-corrected chi connectivity index (χ1v) is 10.5. The van der Waals surface area contributed by atoms with Crippen molar-refractivity contribution in [1.29, 1.82) is 0 Å². The number of aliphatic hydroxyl groups is 1. The molecule has 5 nitrogen and oxygen atoms in total. The van der Waals surface area contributed by atoms with Crippen LogP contribution in [0.2, 0.25) is 0 Å². The highest BCUT2D eigenvalue weighted by Crippen LogP contribution is 2.38. The van der Waals surface area contributed by atoms with Gasteiger partial charge in [0, 0.05) is 17.2 Å². The molecule has 3 rings (SSSR count). The summed E-state index contributed by atoms with van der Waals surface area (Å²) in [5.41, 5.74) is 2.55. The normalized spacial score (nSPS) is 12.1. The van der Waals surface area contributed by atoms with Gasteiger partial charge in [-0.25, -0.2) is 9.97 Å². The number of para-hydroxylation sites is 1. The summed E-state index contributed by atoms with van der Waals surface area (Å²) >= 11 is 1.45. The predicted octanol–water partition coefficient (Wildman–Crippen LogP) is 6.16. The van der Waals surface area contributed by atoms with Crippen molar-refractivity contribution in [1.82, 2.24) is 9.97 Å². The minimum absolute atomic E-state index is 0.0265. The zero-order valence-electron chi connectivity index (χ0n) is 17.9. The summed E-state index contributed by atoms with van der Waals surface area (Å²) < 4.78 is 6.22. The second-order valence-corrected chi connectivity index (χ2v) is 10.1. The van der Waals surface area contributed by atoms with Gasteiger partial charge in [0.1, 0.15) is 11.4 Å². The molecule has 0 unspecified atom stereocenters. The number of nitrogens with one attached hydrogen (secondary N) is 1. The van der Waals surface area contributed by atoms with Crippen LogP contribution in [0, 0.1) is 0 Å². The lowest BCUT2D eigenvalue weighted by Crippen LogP contribution is -2.14. The molecule has 0 spiro atoms. The number of aromatic nitrogens is 2. The van der Waals surface area contributed by atoms with Crippen LogP contribution in [-0.2, 0) is 17.4 Å². The van der Waals surface area contributed by atoms with Crippen LogP contribution in [-0.4, -0.2) is 15.1 Å². The SMILES string of the molecule is CC(C)(C)c1ccccc1Oc1ncccc1Nc1nc(C(C)(C)C)c(CO)s1. The van der Waals surface area contributed by atoms with Crippen molar-refractivity contribution in [2.24, 2.45) is 0 Å². The summed E-state index contributed by atoms with van der Waals surface area (Å²) in [4.78, 5) is 10.0. The number of hydrogen-bond donors (Lipinski definition) is 2. The molecule has 0 aliphatic heterocycles. The van der Waals surface area contributed by atoms with Gasteiger partial charge >= 0.3 is 0 Å². The Bertz CT molecular complexity index is 984. The van der Waals surface area contributed by atoms with Gasteiger partial charge in [0.05, 0.1) is 17.2 Å². The maximum atomic E-state index is 9.72. The minimum atomic E-state index is -0.144. The highest BCUT2D eigenvalue weighted by molar-refractivity contribution is 7.15. The zero-order valence-corrected chi connectivity index (χ0v) is 18.7. The first-order chi connectivity index (χ1) is 13.6. The van der Waals surface area contributed by atoms with Crippen molar-refractivity contribution >= 4 is 22.2 Å². The third-order valence-electron chi connectivity index (χ3n) is 4.47. The first-order valence-electron chi connectivity index (χ1n) is 9.70. The van der Waals surface area contributed by atoms with E-state index in [-0.39, 0.29) is 17.4 Å². The lowest BCUT2D eigenvalue weighted by molar-refractivity contribution is 0.282. The van der Waals surface area contributed by atoms with E-state index in [1.165, 1.54) is 11.3 Å². The summed E-state index contributed by atoms with van der Waals surface area (Å²) in [6, 6.07) is 11.8. The van der Waals surface area contributed by atoms with Crippen LogP contribution < -0.4 is 10.1 Å². The van der Waals surface area contributed by atoms with Crippen LogP contribution >= 0.6 is 11.3 Å². The Morgan fingerprint density at radius 3 is 2.34 bits per heavy atom. The molecule has 0 saturated heterocycles. The predicted molar refractivity (Wildman–Crippen MR) is 119 cm³/mol. The average molecular weight is 412 g/mol. The Labute approximate surface area is 176 Å². The first kappa shape index (κ1) is 21.3. The molecule has 0 atom stereocenters. The summed E-state index contributed by atoms with van der Waals surface area (Å²) in [6.45, 7) is 12.7. The van der Waals surface area contributed by atoms with Gasteiger partial charge in [-0.3, -0.25) is 0 Å². The van der Waals surface area contributed by atoms with Crippen molar-refractivity contribution in [2.75, 3.05) is 5.32 Å². The Hall–Kier alpha value is -2.44.